The fourth-order valence-electron chi connectivity index (χ4n) is 2.91. The maximum absolute atomic E-state index is 13.9. The van der Waals surface area contributed by atoms with Crippen LogP contribution in [-0.2, 0) is 21.4 Å². The number of nitrogens with zero attached hydrogens (tertiary/aromatic N) is 3. The molecule has 1 aliphatic heterocycles. The van der Waals surface area contributed by atoms with Crippen molar-refractivity contribution in [1.82, 2.24) is 13.8 Å². The Balaban J connectivity index is 1.69. The highest BCUT2D eigenvalue weighted by Gasteiger charge is 2.34. The largest absolute Gasteiger partial charge is 0.339 e. The first-order valence-electron chi connectivity index (χ1n) is 8.28. The number of sulfonamides is 1. The summed E-state index contributed by atoms with van der Waals surface area (Å²) < 4.78 is 55.7. The molecular weight excluding hydrogens is 460 g/mol. The SMILES string of the molecule is O=C(Cn1cc(Br)ccc1=O)N1CCN(S(=O)(=O)c2c(F)cccc2F)CC1. The van der Waals surface area contributed by atoms with Crippen molar-refractivity contribution in [2.75, 3.05) is 26.2 Å². The van der Waals surface area contributed by atoms with Crippen LogP contribution in [0.1, 0.15) is 0 Å². The van der Waals surface area contributed by atoms with Crippen LogP contribution in [0, 0.1) is 11.6 Å². The van der Waals surface area contributed by atoms with Crippen LogP contribution >= 0.6 is 15.9 Å². The second-order valence-electron chi connectivity index (χ2n) is 6.15. The lowest BCUT2D eigenvalue weighted by molar-refractivity contribution is -0.133. The molecule has 1 saturated heterocycles. The van der Waals surface area contributed by atoms with Crippen LogP contribution in [-0.4, -0.2) is 54.3 Å². The average Bonchev–Trinajstić information content (AvgIpc) is 2.64. The molecule has 1 fully saturated rings. The van der Waals surface area contributed by atoms with Gasteiger partial charge in [-0.1, -0.05) is 6.07 Å². The van der Waals surface area contributed by atoms with E-state index in [1.165, 1.54) is 21.7 Å². The summed E-state index contributed by atoms with van der Waals surface area (Å²) in [5, 5.41) is 0. The van der Waals surface area contributed by atoms with Crippen molar-refractivity contribution in [1.29, 1.82) is 0 Å². The van der Waals surface area contributed by atoms with Gasteiger partial charge in [-0.3, -0.25) is 9.59 Å². The fourth-order valence-corrected chi connectivity index (χ4v) is 4.82. The monoisotopic (exact) mass is 475 g/mol. The predicted molar refractivity (Wildman–Crippen MR) is 100 cm³/mol. The van der Waals surface area contributed by atoms with Crippen molar-refractivity contribution < 1.29 is 22.0 Å². The van der Waals surface area contributed by atoms with Gasteiger partial charge in [-0.25, -0.2) is 17.2 Å². The first kappa shape index (κ1) is 20.6. The van der Waals surface area contributed by atoms with Crippen molar-refractivity contribution >= 4 is 31.9 Å². The molecule has 1 amide bonds. The predicted octanol–water partition coefficient (Wildman–Crippen LogP) is 1.42. The Morgan fingerprint density at radius 3 is 2.25 bits per heavy atom. The van der Waals surface area contributed by atoms with Crippen molar-refractivity contribution in [3.63, 3.8) is 0 Å². The van der Waals surface area contributed by atoms with Gasteiger partial charge in [0.25, 0.3) is 5.56 Å². The van der Waals surface area contributed by atoms with Crippen molar-refractivity contribution in [2.24, 2.45) is 0 Å². The number of hydrogen-bond acceptors (Lipinski definition) is 4. The van der Waals surface area contributed by atoms with Crippen LogP contribution in [0.15, 0.2) is 50.7 Å². The third-order valence-corrected chi connectivity index (χ3v) is 6.78. The van der Waals surface area contributed by atoms with Gasteiger partial charge in [-0.15, -0.1) is 0 Å². The lowest BCUT2D eigenvalue weighted by Crippen LogP contribution is -2.51. The van der Waals surface area contributed by atoms with E-state index in [4.69, 9.17) is 0 Å². The molecule has 7 nitrogen and oxygen atoms in total. The molecule has 2 aromatic rings. The van der Waals surface area contributed by atoms with Gasteiger partial charge in [0.05, 0.1) is 0 Å². The molecule has 150 valence electrons. The van der Waals surface area contributed by atoms with Crippen LogP contribution in [0.2, 0.25) is 0 Å². The van der Waals surface area contributed by atoms with E-state index < -0.39 is 26.6 Å². The summed E-state index contributed by atoms with van der Waals surface area (Å²) in [5.74, 6) is -2.67. The maximum atomic E-state index is 13.9. The molecule has 0 saturated carbocycles. The highest BCUT2D eigenvalue weighted by Crippen LogP contribution is 2.23. The maximum Gasteiger partial charge on any atom is 0.251 e. The normalized spacial score (nSPS) is 15.6. The number of pyridine rings is 1. The summed E-state index contributed by atoms with van der Waals surface area (Å²) in [4.78, 5) is 24.7. The standard InChI is InChI=1S/C17H16BrF2N3O4S/c18-12-4-5-15(24)22(10-12)11-16(25)21-6-8-23(9-7-21)28(26,27)17-13(19)2-1-3-14(17)20/h1-5,10H,6-9,11H2. The number of halogens is 3. The third-order valence-electron chi connectivity index (χ3n) is 4.36. The average molecular weight is 476 g/mol. The van der Waals surface area contributed by atoms with Crippen LogP contribution in [0.4, 0.5) is 8.78 Å². The van der Waals surface area contributed by atoms with E-state index in [9.17, 15) is 26.8 Å². The summed E-state index contributed by atoms with van der Waals surface area (Å²) >= 11 is 3.23. The van der Waals surface area contributed by atoms with Crippen molar-refractivity contribution in [3.05, 3.63) is 63.0 Å². The molecule has 0 N–H and O–H groups in total. The fraction of sp³-hybridized carbons (Fsp3) is 0.294. The van der Waals surface area contributed by atoms with E-state index in [-0.39, 0.29) is 44.2 Å². The van der Waals surface area contributed by atoms with Crippen LogP contribution in [0.5, 0.6) is 0 Å². The molecule has 3 rings (SSSR count). The molecule has 0 aliphatic carbocycles. The van der Waals surface area contributed by atoms with Gasteiger partial charge in [0.1, 0.15) is 18.2 Å². The quantitative estimate of drug-likeness (QED) is 0.669. The van der Waals surface area contributed by atoms with Gasteiger partial charge in [0, 0.05) is 42.9 Å². The molecule has 0 atom stereocenters. The van der Waals surface area contributed by atoms with Gasteiger partial charge < -0.3 is 9.47 Å². The van der Waals surface area contributed by atoms with Crippen molar-refractivity contribution in [2.45, 2.75) is 11.4 Å². The Morgan fingerprint density at radius 2 is 1.64 bits per heavy atom. The zero-order chi connectivity index (χ0) is 20.5. The number of benzene rings is 1. The van der Waals surface area contributed by atoms with E-state index in [2.05, 4.69) is 15.9 Å². The van der Waals surface area contributed by atoms with E-state index >= 15 is 0 Å². The minimum atomic E-state index is -4.36. The molecule has 2 heterocycles. The molecule has 0 unspecified atom stereocenters. The Hall–Kier alpha value is -2.11. The first-order chi connectivity index (χ1) is 13.2. The Morgan fingerprint density at radius 1 is 1.04 bits per heavy atom. The molecule has 0 radical (unpaired) electrons. The number of carbonyl (C=O) groups is 1. The Labute approximate surface area is 168 Å². The summed E-state index contributed by atoms with van der Waals surface area (Å²) in [5.41, 5.74) is -0.340. The molecular formula is C17H16BrF2N3O4S. The summed E-state index contributed by atoms with van der Waals surface area (Å²) in [6.07, 6.45) is 1.49. The van der Waals surface area contributed by atoms with Gasteiger partial charge >= 0.3 is 0 Å². The second kappa shape index (κ2) is 8.10. The topological polar surface area (TPSA) is 79.7 Å². The number of carbonyl (C=O) groups excluding carboxylic acids is 1. The second-order valence-corrected chi connectivity index (χ2v) is 8.94. The molecule has 0 bridgehead atoms. The Kier molecular flexibility index (Phi) is 5.96. The van der Waals surface area contributed by atoms with Crippen molar-refractivity contribution in [3.8, 4) is 0 Å². The summed E-state index contributed by atoms with van der Waals surface area (Å²) in [6, 6.07) is 5.74. The highest BCUT2D eigenvalue weighted by atomic mass is 79.9. The van der Waals surface area contributed by atoms with E-state index in [1.807, 2.05) is 0 Å². The summed E-state index contributed by atoms with van der Waals surface area (Å²) in [6.45, 7) is -0.287. The van der Waals surface area contributed by atoms with Crippen LogP contribution < -0.4 is 5.56 Å². The lowest BCUT2D eigenvalue weighted by Gasteiger charge is -2.34. The van der Waals surface area contributed by atoms with Crippen LogP contribution in [0.3, 0.4) is 0 Å². The smallest absolute Gasteiger partial charge is 0.251 e. The molecule has 28 heavy (non-hydrogen) atoms. The van der Waals surface area contributed by atoms with E-state index in [1.54, 1.807) is 6.07 Å². The van der Waals surface area contributed by atoms with Gasteiger partial charge in [0.15, 0.2) is 4.90 Å². The van der Waals surface area contributed by atoms with Gasteiger partial charge in [0.2, 0.25) is 15.9 Å². The number of aromatic nitrogens is 1. The molecule has 1 aliphatic rings. The van der Waals surface area contributed by atoms with Gasteiger partial charge in [-0.2, -0.15) is 4.31 Å². The molecule has 0 spiro atoms. The number of piperazine rings is 1. The first-order valence-corrected chi connectivity index (χ1v) is 10.5. The highest BCUT2D eigenvalue weighted by molar-refractivity contribution is 9.10. The number of rotatable bonds is 4. The van der Waals surface area contributed by atoms with E-state index in [0.717, 1.165) is 22.5 Å². The minimum absolute atomic E-state index is 0.0525. The third kappa shape index (κ3) is 4.15. The zero-order valence-electron chi connectivity index (χ0n) is 14.5. The van der Waals surface area contributed by atoms with Gasteiger partial charge in [-0.05, 0) is 34.1 Å². The lowest BCUT2D eigenvalue weighted by atomic mass is 10.3. The number of hydrogen-bond donors (Lipinski definition) is 0. The molecule has 1 aromatic heterocycles. The number of amides is 1. The molecule has 1 aromatic carbocycles. The summed E-state index contributed by atoms with van der Waals surface area (Å²) in [7, 11) is -4.36. The Bertz CT molecular complexity index is 1050. The molecule has 11 heteroatoms. The van der Waals surface area contributed by atoms with Crippen LogP contribution in [0.25, 0.3) is 0 Å². The van der Waals surface area contributed by atoms with E-state index in [0.29, 0.717) is 4.47 Å². The minimum Gasteiger partial charge on any atom is -0.339 e. The zero-order valence-corrected chi connectivity index (χ0v) is 16.9.